The molecule has 0 aromatic carbocycles. The lowest BCUT2D eigenvalue weighted by Gasteiger charge is -2.15. The molecule has 0 amide bonds. The number of aromatic nitrogens is 1. The molecule has 18 heavy (non-hydrogen) atoms. The van der Waals surface area contributed by atoms with E-state index in [9.17, 15) is 0 Å². The number of hydrogen-bond acceptors (Lipinski definition) is 1. The quantitative estimate of drug-likeness (QED) is 0.737. The van der Waals surface area contributed by atoms with Crippen molar-refractivity contribution in [3.8, 4) is 0 Å². The summed E-state index contributed by atoms with van der Waals surface area (Å²) in [6, 6.07) is 2.50. The average Bonchev–Trinajstić information content (AvgIpc) is 3.13. The molecule has 1 saturated carbocycles. The molecule has 1 aromatic rings. The van der Waals surface area contributed by atoms with Crippen molar-refractivity contribution in [3.63, 3.8) is 0 Å². The van der Waals surface area contributed by atoms with E-state index < -0.39 is 0 Å². The Bertz CT molecular complexity index is 352. The molecule has 1 aliphatic carbocycles. The molecule has 0 spiro atoms. The summed E-state index contributed by atoms with van der Waals surface area (Å²) in [6.07, 6.45) is 12.4. The lowest BCUT2D eigenvalue weighted by atomic mass is 9.99. The molecule has 2 atom stereocenters. The molecule has 102 valence electrons. The van der Waals surface area contributed by atoms with Crippen LogP contribution in [0.5, 0.6) is 0 Å². The second-order valence-electron chi connectivity index (χ2n) is 5.92. The molecule has 0 aliphatic heterocycles. The zero-order chi connectivity index (χ0) is 13.0. The topological polar surface area (TPSA) is 30.9 Å². The van der Waals surface area contributed by atoms with Gasteiger partial charge in [0.05, 0.1) is 0 Å². The Morgan fingerprint density at radius 3 is 2.78 bits per heavy atom. The van der Waals surface area contributed by atoms with Crippen LogP contribution in [-0.2, 0) is 6.54 Å². The van der Waals surface area contributed by atoms with Crippen LogP contribution in [0.15, 0.2) is 18.5 Å². The van der Waals surface area contributed by atoms with Crippen LogP contribution >= 0.6 is 0 Å². The van der Waals surface area contributed by atoms with Crippen LogP contribution in [0.4, 0.5) is 0 Å². The first kappa shape index (κ1) is 13.7. The van der Waals surface area contributed by atoms with Crippen molar-refractivity contribution in [2.75, 3.05) is 0 Å². The number of hydrogen-bond donors (Lipinski definition) is 1. The summed E-state index contributed by atoms with van der Waals surface area (Å²) in [5.41, 5.74) is 7.58. The minimum Gasteiger partial charge on any atom is -0.354 e. The first-order valence-corrected chi connectivity index (χ1v) is 7.65. The van der Waals surface area contributed by atoms with E-state index in [-0.39, 0.29) is 6.04 Å². The van der Waals surface area contributed by atoms with Crippen molar-refractivity contribution < 1.29 is 0 Å². The molecule has 2 nitrogen and oxygen atoms in total. The molecule has 1 aliphatic rings. The predicted octanol–water partition coefficient (Wildman–Crippen LogP) is 4.11. The summed E-state index contributed by atoms with van der Waals surface area (Å²) in [7, 11) is 0. The van der Waals surface area contributed by atoms with Gasteiger partial charge in [-0.2, -0.15) is 0 Å². The summed E-state index contributed by atoms with van der Waals surface area (Å²) in [4.78, 5) is 0. The summed E-state index contributed by atoms with van der Waals surface area (Å²) in [5.74, 6) is 1.57. The highest BCUT2D eigenvalue weighted by Crippen LogP contribution is 2.39. The van der Waals surface area contributed by atoms with Gasteiger partial charge in [0, 0.05) is 25.0 Å². The van der Waals surface area contributed by atoms with E-state index in [0.717, 1.165) is 18.4 Å². The van der Waals surface area contributed by atoms with Crippen molar-refractivity contribution in [2.45, 2.75) is 65.0 Å². The second-order valence-corrected chi connectivity index (χ2v) is 5.92. The van der Waals surface area contributed by atoms with E-state index in [2.05, 4.69) is 36.9 Å². The molecule has 0 saturated heterocycles. The van der Waals surface area contributed by atoms with Gasteiger partial charge in [-0.05, 0) is 42.7 Å². The Labute approximate surface area is 112 Å². The van der Waals surface area contributed by atoms with Crippen molar-refractivity contribution in [3.05, 3.63) is 24.0 Å². The van der Waals surface area contributed by atoms with Crippen LogP contribution in [0, 0.1) is 11.8 Å². The fourth-order valence-electron chi connectivity index (χ4n) is 2.71. The van der Waals surface area contributed by atoms with Gasteiger partial charge in [-0.1, -0.05) is 33.1 Å². The standard InChI is InChI=1S/C16H28N2/c1-3-5-6-13(4-2)11-18-10-9-15(12-18)16(17)14-7-8-14/h9-10,12-14,16H,3-8,11,17H2,1-2H3. The Kier molecular flexibility index (Phi) is 4.87. The molecule has 0 radical (unpaired) electrons. The Morgan fingerprint density at radius 2 is 2.17 bits per heavy atom. The molecular formula is C16H28N2. The van der Waals surface area contributed by atoms with Crippen molar-refractivity contribution in [2.24, 2.45) is 17.6 Å². The largest absolute Gasteiger partial charge is 0.354 e. The minimum absolute atomic E-state index is 0.280. The normalized spacial score (nSPS) is 18.8. The van der Waals surface area contributed by atoms with Gasteiger partial charge in [0.25, 0.3) is 0 Å². The molecule has 2 heteroatoms. The highest BCUT2D eigenvalue weighted by Gasteiger charge is 2.29. The smallest absolute Gasteiger partial charge is 0.0338 e. The van der Waals surface area contributed by atoms with Crippen LogP contribution in [0.2, 0.25) is 0 Å². The third-order valence-electron chi connectivity index (χ3n) is 4.30. The Morgan fingerprint density at radius 1 is 1.39 bits per heavy atom. The lowest BCUT2D eigenvalue weighted by Crippen LogP contribution is -2.12. The third-order valence-corrected chi connectivity index (χ3v) is 4.30. The molecule has 2 unspecified atom stereocenters. The fourth-order valence-corrected chi connectivity index (χ4v) is 2.71. The predicted molar refractivity (Wildman–Crippen MR) is 77.4 cm³/mol. The van der Waals surface area contributed by atoms with Gasteiger partial charge in [0.2, 0.25) is 0 Å². The van der Waals surface area contributed by atoms with Crippen LogP contribution in [0.25, 0.3) is 0 Å². The van der Waals surface area contributed by atoms with E-state index in [4.69, 9.17) is 5.73 Å². The van der Waals surface area contributed by atoms with E-state index in [1.54, 1.807) is 0 Å². The van der Waals surface area contributed by atoms with Crippen molar-refractivity contribution >= 4 is 0 Å². The fraction of sp³-hybridized carbons (Fsp3) is 0.750. The molecule has 1 fully saturated rings. The van der Waals surface area contributed by atoms with Gasteiger partial charge in [-0.25, -0.2) is 0 Å². The number of nitrogens with two attached hydrogens (primary N) is 1. The third kappa shape index (κ3) is 3.61. The van der Waals surface area contributed by atoms with E-state index >= 15 is 0 Å². The zero-order valence-corrected chi connectivity index (χ0v) is 11.9. The molecule has 1 heterocycles. The van der Waals surface area contributed by atoms with Gasteiger partial charge in [-0.15, -0.1) is 0 Å². The monoisotopic (exact) mass is 248 g/mol. The maximum absolute atomic E-state index is 6.24. The number of rotatable bonds is 8. The number of unbranched alkanes of at least 4 members (excludes halogenated alkanes) is 1. The summed E-state index contributed by atoms with van der Waals surface area (Å²) in [6.45, 7) is 5.74. The van der Waals surface area contributed by atoms with E-state index in [1.807, 2.05) is 0 Å². The number of nitrogens with zero attached hydrogens (tertiary/aromatic N) is 1. The molecule has 1 aromatic heterocycles. The van der Waals surface area contributed by atoms with Gasteiger partial charge in [-0.3, -0.25) is 0 Å². The minimum atomic E-state index is 0.280. The lowest BCUT2D eigenvalue weighted by molar-refractivity contribution is 0.391. The van der Waals surface area contributed by atoms with Crippen LogP contribution in [0.1, 0.15) is 64.0 Å². The first-order valence-electron chi connectivity index (χ1n) is 7.65. The first-order chi connectivity index (χ1) is 8.74. The zero-order valence-electron chi connectivity index (χ0n) is 11.9. The molecule has 2 rings (SSSR count). The summed E-state index contributed by atoms with van der Waals surface area (Å²) >= 11 is 0. The van der Waals surface area contributed by atoms with Gasteiger partial charge in [0.1, 0.15) is 0 Å². The maximum atomic E-state index is 6.24. The SMILES string of the molecule is CCCCC(CC)Cn1ccc(C(N)C2CC2)c1. The van der Waals surface area contributed by atoms with Crippen LogP contribution in [0.3, 0.4) is 0 Å². The highest BCUT2D eigenvalue weighted by atomic mass is 14.9. The average molecular weight is 248 g/mol. The van der Waals surface area contributed by atoms with Gasteiger partial charge < -0.3 is 10.3 Å². The Balaban J connectivity index is 1.88. The van der Waals surface area contributed by atoms with E-state index in [0.29, 0.717) is 0 Å². The Hall–Kier alpha value is -0.760. The van der Waals surface area contributed by atoms with Gasteiger partial charge >= 0.3 is 0 Å². The van der Waals surface area contributed by atoms with Crippen LogP contribution < -0.4 is 5.73 Å². The van der Waals surface area contributed by atoms with Crippen molar-refractivity contribution in [1.82, 2.24) is 4.57 Å². The van der Waals surface area contributed by atoms with Crippen molar-refractivity contribution in [1.29, 1.82) is 0 Å². The summed E-state index contributed by atoms with van der Waals surface area (Å²) < 4.78 is 2.35. The highest BCUT2D eigenvalue weighted by molar-refractivity contribution is 5.17. The molecule has 2 N–H and O–H groups in total. The van der Waals surface area contributed by atoms with E-state index in [1.165, 1.54) is 44.1 Å². The van der Waals surface area contributed by atoms with Crippen LogP contribution in [-0.4, -0.2) is 4.57 Å². The summed E-state index contributed by atoms with van der Waals surface area (Å²) in [5, 5.41) is 0. The second kappa shape index (κ2) is 6.42. The molecular weight excluding hydrogens is 220 g/mol. The molecule has 0 bridgehead atoms. The maximum Gasteiger partial charge on any atom is 0.0338 e. The van der Waals surface area contributed by atoms with Gasteiger partial charge in [0.15, 0.2) is 0 Å².